The van der Waals surface area contributed by atoms with E-state index in [1.165, 1.54) is 28.0 Å². The molecule has 0 aliphatic rings. The summed E-state index contributed by atoms with van der Waals surface area (Å²) in [4.78, 5) is 25.6. The van der Waals surface area contributed by atoms with Crippen LogP contribution in [0.3, 0.4) is 0 Å². The van der Waals surface area contributed by atoms with Crippen LogP contribution >= 0.6 is 23.4 Å². The first-order valence-electron chi connectivity index (χ1n) is 8.86. The summed E-state index contributed by atoms with van der Waals surface area (Å²) in [5.74, 6) is 0.183. The first-order valence-corrected chi connectivity index (χ1v) is 10.2. The zero-order valence-electron chi connectivity index (χ0n) is 15.7. The number of carbonyl (C=O) groups excluding carboxylic acids is 1. The number of carbonyl (C=O) groups is 1. The number of rotatable bonds is 6. The monoisotopic (exact) mass is 412 g/mol. The number of pyridine rings is 1. The molecule has 3 rings (SSSR count). The molecule has 0 saturated heterocycles. The van der Waals surface area contributed by atoms with Crippen molar-refractivity contribution in [2.24, 2.45) is 0 Å². The van der Waals surface area contributed by atoms with Gasteiger partial charge in [-0.25, -0.2) is 0 Å². The van der Waals surface area contributed by atoms with Crippen molar-refractivity contribution >= 4 is 35.0 Å². The van der Waals surface area contributed by atoms with Gasteiger partial charge in [0, 0.05) is 22.2 Å². The van der Waals surface area contributed by atoms with Gasteiger partial charge in [0.15, 0.2) is 0 Å². The molecular formula is C22H21ClN2O2S. The summed E-state index contributed by atoms with van der Waals surface area (Å²) < 4.78 is 1.54. The van der Waals surface area contributed by atoms with Crippen molar-refractivity contribution in [3.8, 4) is 0 Å². The predicted molar refractivity (Wildman–Crippen MR) is 117 cm³/mol. The van der Waals surface area contributed by atoms with Crippen LogP contribution in [-0.4, -0.2) is 16.2 Å². The Hall–Kier alpha value is -2.50. The molecule has 0 atom stereocenters. The Balaban J connectivity index is 1.67. The second-order valence-electron chi connectivity index (χ2n) is 6.58. The molecule has 1 heterocycles. The van der Waals surface area contributed by atoms with Crippen molar-refractivity contribution in [3.63, 3.8) is 0 Å². The fourth-order valence-corrected chi connectivity index (χ4v) is 3.86. The van der Waals surface area contributed by atoms with Gasteiger partial charge in [0.25, 0.3) is 5.56 Å². The average Bonchev–Trinajstić information content (AvgIpc) is 2.67. The Morgan fingerprint density at radius 2 is 1.89 bits per heavy atom. The fourth-order valence-electron chi connectivity index (χ4n) is 2.74. The van der Waals surface area contributed by atoms with Crippen molar-refractivity contribution in [2.45, 2.75) is 25.3 Å². The van der Waals surface area contributed by atoms with E-state index >= 15 is 0 Å². The number of halogens is 1. The Morgan fingerprint density at radius 1 is 1.11 bits per heavy atom. The smallest absolute Gasteiger partial charge is 0.250 e. The van der Waals surface area contributed by atoms with E-state index in [4.69, 9.17) is 11.6 Å². The van der Waals surface area contributed by atoms with Crippen LogP contribution in [0.25, 0.3) is 0 Å². The van der Waals surface area contributed by atoms with E-state index < -0.39 is 0 Å². The molecule has 0 unspecified atom stereocenters. The summed E-state index contributed by atoms with van der Waals surface area (Å²) in [6.07, 6.45) is 1.64. The highest BCUT2D eigenvalue weighted by atomic mass is 35.5. The number of thioether (sulfide) groups is 1. The molecule has 1 amide bonds. The number of nitrogens with zero attached hydrogens (tertiary/aromatic N) is 1. The number of benzene rings is 2. The molecule has 0 fully saturated rings. The molecule has 0 aliphatic heterocycles. The maximum Gasteiger partial charge on any atom is 0.250 e. The topological polar surface area (TPSA) is 51.1 Å². The zero-order chi connectivity index (χ0) is 20.1. The van der Waals surface area contributed by atoms with E-state index in [2.05, 4.69) is 23.5 Å². The van der Waals surface area contributed by atoms with Crippen LogP contribution in [0.4, 0.5) is 5.69 Å². The van der Waals surface area contributed by atoms with Crippen LogP contribution in [0.2, 0.25) is 5.02 Å². The molecule has 0 radical (unpaired) electrons. The highest BCUT2D eigenvalue weighted by Crippen LogP contribution is 2.23. The summed E-state index contributed by atoms with van der Waals surface area (Å²) in [5.41, 5.74) is 3.60. The summed E-state index contributed by atoms with van der Waals surface area (Å²) in [7, 11) is 0. The van der Waals surface area contributed by atoms with Crippen molar-refractivity contribution in [3.05, 3.63) is 92.9 Å². The normalized spacial score (nSPS) is 10.7. The number of hydrogen-bond acceptors (Lipinski definition) is 3. The van der Waals surface area contributed by atoms with Crippen LogP contribution in [-0.2, 0) is 11.3 Å². The lowest BCUT2D eigenvalue weighted by Gasteiger charge is -2.11. The van der Waals surface area contributed by atoms with E-state index in [1.54, 1.807) is 18.3 Å². The van der Waals surface area contributed by atoms with E-state index in [0.29, 0.717) is 23.0 Å². The van der Waals surface area contributed by atoms with Gasteiger partial charge in [-0.15, -0.1) is 11.8 Å². The molecule has 0 bridgehead atoms. The van der Waals surface area contributed by atoms with E-state index in [1.807, 2.05) is 32.0 Å². The number of aryl methyl sites for hydroxylation is 2. The van der Waals surface area contributed by atoms with Gasteiger partial charge in [-0.3, -0.25) is 9.59 Å². The Bertz CT molecular complexity index is 1060. The van der Waals surface area contributed by atoms with Crippen molar-refractivity contribution < 1.29 is 4.79 Å². The first-order chi connectivity index (χ1) is 13.4. The molecular weight excluding hydrogens is 392 g/mol. The molecule has 0 saturated carbocycles. The van der Waals surface area contributed by atoms with E-state index in [9.17, 15) is 9.59 Å². The molecule has 4 nitrogen and oxygen atoms in total. The minimum Gasteiger partial charge on any atom is -0.324 e. The highest BCUT2D eigenvalue weighted by Gasteiger charge is 2.08. The van der Waals surface area contributed by atoms with Gasteiger partial charge in [-0.1, -0.05) is 47.5 Å². The number of aromatic nitrogens is 1. The van der Waals surface area contributed by atoms with Gasteiger partial charge < -0.3 is 9.88 Å². The fraction of sp³-hybridized carbons (Fsp3) is 0.182. The van der Waals surface area contributed by atoms with Gasteiger partial charge in [0.2, 0.25) is 5.91 Å². The maximum atomic E-state index is 12.4. The molecule has 2 aromatic carbocycles. The van der Waals surface area contributed by atoms with Crippen LogP contribution in [0.15, 0.2) is 70.5 Å². The molecule has 28 heavy (non-hydrogen) atoms. The number of anilines is 1. The van der Waals surface area contributed by atoms with Gasteiger partial charge in [-0.2, -0.15) is 0 Å². The zero-order valence-corrected chi connectivity index (χ0v) is 17.3. The summed E-state index contributed by atoms with van der Waals surface area (Å²) in [6.45, 7) is 4.41. The van der Waals surface area contributed by atoms with Gasteiger partial charge >= 0.3 is 0 Å². The first kappa shape index (κ1) is 20.2. The molecule has 3 aromatic rings. The predicted octanol–water partition coefficient (Wildman–Crippen LogP) is 4.90. The minimum atomic E-state index is -0.150. The third kappa shape index (κ3) is 5.27. The standard InChI is InChI=1S/C22H21ClN2O2S/c1-15-7-8-16(2)20(11-15)28-14-21(26)24-18-9-10-22(27)25(13-18)12-17-5-3-4-6-19(17)23/h3-11,13H,12,14H2,1-2H3,(H,24,26). The largest absolute Gasteiger partial charge is 0.324 e. The second kappa shape index (κ2) is 9.13. The lowest BCUT2D eigenvalue weighted by atomic mass is 10.2. The van der Waals surface area contributed by atoms with Crippen molar-refractivity contribution in [2.75, 3.05) is 11.1 Å². The molecule has 144 valence electrons. The quantitative estimate of drug-likeness (QED) is 0.586. The van der Waals surface area contributed by atoms with Crippen LogP contribution < -0.4 is 10.9 Å². The Labute approximate surface area is 173 Å². The average molecular weight is 413 g/mol. The minimum absolute atomic E-state index is 0.117. The summed E-state index contributed by atoms with van der Waals surface area (Å²) in [5, 5.41) is 3.47. The lowest BCUT2D eigenvalue weighted by Crippen LogP contribution is -2.21. The van der Waals surface area contributed by atoms with Gasteiger partial charge in [0.1, 0.15) is 0 Å². The van der Waals surface area contributed by atoms with Crippen molar-refractivity contribution in [1.82, 2.24) is 4.57 Å². The number of amides is 1. The van der Waals surface area contributed by atoms with Crippen molar-refractivity contribution in [1.29, 1.82) is 0 Å². The highest BCUT2D eigenvalue weighted by molar-refractivity contribution is 8.00. The van der Waals surface area contributed by atoms with Crippen LogP contribution in [0.5, 0.6) is 0 Å². The molecule has 1 N–H and O–H groups in total. The summed E-state index contributed by atoms with van der Waals surface area (Å²) in [6, 6.07) is 16.6. The van der Waals surface area contributed by atoms with Crippen LogP contribution in [0, 0.1) is 13.8 Å². The Kier molecular flexibility index (Phi) is 6.60. The van der Waals surface area contributed by atoms with Crippen LogP contribution in [0.1, 0.15) is 16.7 Å². The molecule has 0 spiro atoms. The lowest BCUT2D eigenvalue weighted by molar-refractivity contribution is -0.113. The van der Waals surface area contributed by atoms with E-state index in [-0.39, 0.29) is 11.5 Å². The maximum absolute atomic E-state index is 12.4. The third-order valence-electron chi connectivity index (χ3n) is 4.27. The van der Waals surface area contributed by atoms with E-state index in [0.717, 1.165) is 16.0 Å². The SMILES string of the molecule is Cc1ccc(C)c(SCC(=O)Nc2ccc(=O)n(Cc3ccccc3Cl)c2)c1. The molecule has 1 aromatic heterocycles. The second-order valence-corrected chi connectivity index (χ2v) is 8.01. The summed E-state index contributed by atoms with van der Waals surface area (Å²) >= 11 is 7.69. The van der Waals surface area contributed by atoms with Gasteiger partial charge in [-0.05, 0) is 43.2 Å². The number of nitrogens with one attached hydrogen (secondary N) is 1. The third-order valence-corrected chi connectivity index (χ3v) is 5.79. The molecule has 6 heteroatoms. The molecule has 0 aliphatic carbocycles. The number of hydrogen-bond donors (Lipinski definition) is 1. The van der Waals surface area contributed by atoms with Gasteiger partial charge in [0.05, 0.1) is 18.0 Å². The Morgan fingerprint density at radius 3 is 2.68 bits per heavy atom.